The Balaban J connectivity index is 1.29. The number of benzene rings is 1. The van der Waals surface area contributed by atoms with Gasteiger partial charge in [-0.05, 0) is 61.1 Å². The fraction of sp³-hybridized carbons (Fsp3) is 0.238. The quantitative estimate of drug-likeness (QED) is 0.576. The fourth-order valence-electron chi connectivity index (χ4n) is 3.84. The summed E-state index contributed by atoms with van der Waals surface area (Å²) in [5.74, 6) is 0.531. The van der Waals surface area contributed by atoms with Crippen molar-refractivity contribution in [2.45, 2.75) is 32.2 Å². The number of aromatic nitrogens is 5. The predicted octanol–water partition coefficient (Wildman–Crippen LogP) is 2.95. The minimum absolute atomic E-state index is 0.140. The molecule has 0 fully saturated rings. The molecule has 3 heterocycles. The average molecular weight is 372 g/mol. The number of amides is 1. The maximum absolute atomic E-state index is 12.5. The first-order valence-corrected chi connectivity index (χ1v) is 9.49. The molecule has 2 N–H and O–H groups in total. The van der Waals surface area contributed by atoms with Crippen LogP contribution in [0.2, 0.25) is 0 Å². The highest BCUT2D eigenvalue weighted by atomic mass is 16.1. The number of hydrogen-bond acceptors (Lipinski definition) is 4. The van der Waals surface area contributed by atoms with Gasteiger partial charge >= 0.3 is 0 Å². The van der Waals surface area contributed by atoms with Crippen LogP contribution in [0.15, 0.2) is 49.2 Å². The third-order valence-electron chi connectivity index (χ3n) is 5.31. The molecule has 0 aliphatic heterocycles. The third kappa shape index (κ3) is 3.05. The number of fused-ring (bicyclic) bond motifs is 3. The van der Waals surface area contributed by atoms with E-state index in [4.69, 9.17) is 0 Å². The van der Waals surface area contributed by atoms with Crippen LogP contribution in [0.25, 0.3) is 16.7 Å². The minimum atomic E-state index is -0.140. The Morgan fingerprint density at radius 3 is 2.79 bits per heavy atom. The predicted molar refractivity (Wildman–Crippen MR) is 105 cm³/mol. The van der Waals surface area contributed by atoms with Gasteiger partial charge < -0.3 is 10.3 Å². The highest BCUT2D eigenvalue weighted by Crippen LogP contribution is 2.29. The van der Waals surface area contributed by atoms with E-state index in [0.29, 0.717) is 17.9 Å². The Morgan fingerprint density at radius 2 is 1.96 bits per heavy atom. The lowest BCUT2D eigenvalue weighted by Crippen LogP contribution is -2.23. The second-order valence-corrected chi connectivity index (χ2v) is 7.13. The molecule has 4 aromatic rings. The van der Waals surface area contributed by atoms with Crippen LogP contribution in [0.3, 0.4) is 0 Å². The first kappa shape index (κ1) is 16.7. The van der Waals surface area contributed by atoms with Crippen LogP contribution in [0.1, 0.15) is 40.0 Å². The Bertz CT molecular complexity index is 1130. The molecular weight excluding hydrogens is 352 g/mol. The molecule has 7 nitrogen and oxygen atoms in total. The maximum Gasteiger partial charge on any atom is 0.253 e. The minimum Gasteiger partial charge on any atom is -0.358 e. The number of rotatable bonds is 4. The van der Waals surface area contributed by atoms with Crippen LogP contribution in [0.4, 0.5) is 0 Å². The van der Waals surface area contributed by atoms with E-state index >= 15 is 0 Å². The van der Waals surface area contributed by atoms with Gasteiger partial charge in [0.2, 0.25) is 0 Å². The molecule has 0 unspecified atom stereocenters. The maximum atomic E-state index is 12.5. The number of aryl methyl sites for hydroxylation is 2. The van der Waals surface area contributed by atoms with E-state index in [-0.39, 0.29) is 5.91 Å². The molecule has 1 aliphatic rings. The number of pyridine rings is 1. The molecular formula is C21H20N6O. The summed E-state index contributed by atoms with van der Waals surface area (Å²) in [7, 11) is 0. The Morgan fingerprint density at radius 1 is 1.11 bits per heavy atom. The van der Waals surface area contributed by atoms with Gasteiger partial charge in [0.25, 0.3) is 5.91 Å². The van der Waals surface area contributed by atoms with E-state index in [9.17, 15) is 4.79 Å². The number of H-pyrrole nitrogens is 1. The van der Waals surface area contributed by atoms with Crippen LogP contribution in [-0.2, 0) is 19.4 Å². The van der Waals surface area contributed by atoms with Crippen LogP contribution >= 0.6 is 0 Å². The van der Waals surface area contributed by atoms with Crippen molar-refractivity contribution in [1.82, 2.24) is 30.0 Å². The van der Waals surface area contributed by atoms with Gasteiger partial charge in [-0.15, -0.1) is 10.2 Å². The summed E-state index contributed by atoms with van der Waals surface area (Å²) in [5.41, 5.74) is 5.64. The van der Waals surface area contributed by atoms with E-state index in [1.807, 2.05) is 0 Å². The normalized spacial score (nSPS) is 13.4. The van der Waals surface area contributed by atoms with Gasteiger partial charge in [0, 0.05) is 29.3 Å². The SMILES string of the molecule is O=C(NCc1ccc2[nH]c3c(c2c1)CCCC3)c1ccc(-n2cnnc2)nc1. The summed E-state index contributed by atoms with van der Waals surface area (Å²) < 4.78 is 1.69. The second-order valence-electron chi connectivity index (χ2n) is 7.13. The summed E-state index contributed by atoms with van der Waals surface area (Å²) in [6, 6.07) is 9.91. The summed E-state index contributed by atoms with van der Waals surface area (Å²) in [6.07, 6.45) is 9.47. The van der Waals surface area contributed by atoms with Gasteiger partial charge in [0.05, 0.1) is 5.56 Å². The highest BCUT2D eigenvalue weighted by molar-refractivity contribution is 5.94. The first-order valence-electron chi connectivity index (χ1n) is 9.49. The largest absolute Gasteiger partial charge is 0.358 e. The zero-order chi connectivity index (χ0) is 18.9. The Labute approximate surface area is 161 Å². The number of hydrogen-bond donors (Lipinski definition) is 2. The molecule has 1 amide bonds. The zero-order valence-corrected chi connectivity index (χ0v) is 15.4. The number of nitrogens with zero attached hydrogens (tertiary/aromatic N) is 4. The monoisotopic (exact) mass is 372 g/mol. The van der Waals surface area contributed by atoms with Crippen molar-refractivity contribution >= 4 is 16.8 Å². The van der Waals surface area contributed by atoms with E-state index in [1.54, 1.807) is 35.6 Å². The molecule has 0 saturated carbocycles. The molecule has 140 valence electrons. The lowest BCUT2D eigenvalue weighted by Gasteiger charge is -2.11. The van der Waals surface area contributed by atoms with Crippen molar-refractivity contribution in [1.29, 1.82) is 0 Å². The molecule has 1 aliphatic carbocycles. The lowest BCUT2D eigenvalue weighted by molar-refractivity contribution is 0.0950. The van der Waals surface area contributed by atoms with Crippen LogP contribution in [-0.4, -0.2) is 30.6 Å². The average Bonchev–Trinajstić information content (AvgIpc) is 3.40. The highest BCUT2D eigenvalue weighted by Gasteiger charge is 2.15. The lowest BCUT2D eigenvalue weighted by atomic mass is 9.95. The zero-order valence-electron chi connectivity index (χ0n) is 15.4. The van der Waals surface area contributed by atoms with Gasteiger partial charge in [-0.25, -0.2) is 4.98 Å². The summed E-state index contributed by atoms with van der Waals surface area (Å²) in [4.78, 5) is 20.3. The van der Waals surface area contributed by atoms with E-state index in [1.165, 1.54) is 35.0 Å². The summed E-state index contributed by atoms with van der Waals surface area (Å²) in [6.45, 7) is 0.488. The molecule has 7 heteroatoms. The number of carbonyl (C=O) groups excluding carboxylic acids is 1. The van der Waals surface area contributed by atoms with Crippen LogP contribution in [0.5, 0.6) is 0 Å². The van der Waals surface area contributed by atoms with E-state index < -0.39 is 0 Å². The summed E-state index contributed by atoms with van der Waals surface area (Å²) >= 11 is 0. The fourth-order valence-corrected chi connectivity index (χ4v) is 3.84. The van der Waals surface area contributed by atoms with Crippen molar-refractivity contribution < 1.29 is 4.79 Å². The smallest absolute Gasteiger partial charge is 0.253 e. The molecule has 28 heavy (non-hydrogen) atoms. The summed E-state index contributed by atoms with van der Waals surface area (Å²) in [5, 5.41) is 11.8. The van der Waals surface area contributed by atoms with Gasteiger partial charge in [-0.2, -0.15) is 0 Å². The van der Waals surface area contributed by atoms with Gasteiger partial charge in [0.1, 0.15) is 18.5 Å². The van der Waals surface area contributed by atoms with Crippen molar-refractivity contribution in [2.24, 2.45) is 0 Å². The third-order valence-corrected chi connectivity index (χ3v) is 5.31. The molecule has 0 spiro atoms. The molecule has 5 rings (SSSR count). The molecule has 0 saturated heterocycles. The standard InChI is InChI=1S/C21H20N6O/c28-21(15-6-8-20(22-11-15)27-12-24-25-13-27)23-10-14-5-7-19-17(9-14)16-3-1-2-4-18(16)26-19/h5-9,11-13,26H,1-4,10H2,(H,23,28). The Kier molecular flexibility index (Phi) is 4.12. The number of nitrogens with one attached hydrogen (secondary N) is 2. The van der Waals surface area contributed by atoms with Gasteiger partial charge in [-0.3, -0.25) is 9.36 Å². The second kappa shape index (κ2) is 6.92. The van der Waals surface area contributed by atoms with E-state index in [2.05, 4.69) is 43.7 Å². The van der Waals surface area contributed by atoms with Crippen molar-refractivity contribution in [3.63, 3.8) is 0 Å². The Hall–Kier alpha value is -3.48. The number of carbonyl (C=O) groups is 1. The first-order chi connectivity index (χ1) is 13.8. The van der Waals surface area contributed by atoms with Gasteiger partial charge in [-0.1, -0.05) is 6.07 Å². The van der Waals surface area contributed by atoms with Crippen molar-refractivity contribution in [3.8, 4) is 5.82 Å². The molecule has 0 radical (unpaired) electrons. The molecule has 3 aromatic heterocycles. The van der Waals surface area contributed by atoms with Crippen LogP contribution < -0.4 is 5.32 Å². The molecule has 0 bridgehead atoms. The van der Waals surface area contributed by atoms with Crippen LogP contribution in [0, 0.1) is 0 Å². The molecule has 0 atom stereocenters. The van der Waals surface area contributed by atoms with Crippen molar-refractivity contribution in [2.75, 3.05) is 0 Å². The number of aromatic amines is 1. The molecule has 1 aromatic carbocycles. The topological polar surface area (TPSA) is 88.5 Å². The van der Waals surface area contributed by atoms with Gasteiger partial charge in [0.15, 0.2) is 0 Å². The van der Waals surface area contributed by atoms with Crippen molar-refractivity contribution in [3.05, 3.63) is 71.6 Å². The van der Waals surface area contributed by atoms with E-state index in [0.717, 1.165) is 18.4 Å².